The number of carboxylic acids is 2. The average molecular weight is 940 g/mol. The van der Waals surface area contributed by atoms with Crippen LogP contribution >= 0.6 is 23.2 Å². The molecule has 8 rings (SSSR count). The Bertz CT molecular complexity index is 2880. The Hall–Kier alpha value is -5.71. The molecule has 2 unspecified atom stereocenters. The monoisotopic (exact) mass is 938 g/mol. The summed E-state index contributed by atoms with van der Waals surface area (Å²) in [7, 11) is 8.06. The van der Waals surface area contributed by atoms with Crippen LogP contribution in [0.2, 0.25) is 10.0 Å². The highest BCUT2D eigenvalue weighted by Crippen LogP contribution is 2.46. The summed E-state index contributed by atoms with van der Waals surface area (Å²) in [6.45, 7) is 12.7. The summed E-state index contributed by atoms with van der Waals surface area (Å²) in [6, 6.07) is 13.2. The Morgan fingerprint density at radius 1 is 0.985 bits per heavy atom. The van der Waals surface area contributed by atoms with Gasteiger partial charge in [0, 0.05) is 71.8 Å². The number of rotatable bonds is 10. The van der Waals surface area contributed by atoms with Gasteiger partial charge in [0.05, 0.1) is 54.7 Å². The molecule has 1 N–H and O–H groups in total. The van der Waals surface area contributed by atoms with Gasteiger partial charge < -0.3 is 43.0 Å². The summed E-state index contributed by atoms with van der Waals surface area (Å²) in [5.74, 6) is -2.85. The molecule has 6 aromatic rings. The molecule has 346 valence electrons. The fraction of sp³-hybridized carbons (Fsp3) is 0.404. The molecule has 2 atom stereocenters. The van der Waals surface area contributed by atoms with Gasteiger partial charge in [-0.15, -0.1) is 0 Å². The number of aromatic nitrogens is 4. The minimum atomic E-state index is -5.19. The van der Waals surface area contributed by atoms with Gasteiger partial charge in [-0.1, -0.05) is 29.3 Å². The van der Waals surface area contributed by atoms with Crippen LogP contribution in [0.15, 0.2) is 42.5 Å². The van der Waals surface area contributed by atoms with Crippen LogP contribution in [0.5, 0.6) is 11.5 Å². The number of benzene rings is 3. The van der Waals surface area contributed by atoms with Gasteiger partial charge in [-0.2, -0.15) is 18.3 Å². The Morgan fingerprint density at radius 2 is 1.65 bits per heavy atom. The molecule has 0 spiro atoms. The SMILES string of the molecule is Cc1cc(OCCCc2c3n(c4c(-c5c(C)nn(C)c5C)c(Cl)ccc24)C(C)CN(c2cc(OC4CC[N+](C)(C)C4)cc4cc(C(=O)O)n(C)c24)C3=O)cc(C)c1Cl.O=C([O-])C(F)(F)F. The molecule has 0 bridgehead atoms. The van der Waals surface area contributed by atoms with Gasteiger partial charge in [0.25, 0.3) is 5.91 Å². The molecule has 0 saturated carbocycles. The lowest BCUT2D eigenvalue weighted by molar-refractivity contribution is -0.879. The smallest absolute Gasteiger partial charge is 0.430 e. The van der Waals surface area contributed by atoms with Gasteiger partial charge in [-0.05, 0) is 94.5 Å². The number of nitrogens with zero attached hydrogens (tertiary/aromatic N) is 6. The van der Waals surface area contributed by atoms with Crippen LogP contribution in [0.25, 0.3) is 32.9 Å². The van der Waals surface area contributed by atoms with Crippen LogP contribution in [0.1, 0.15) is 74.9 Å². The predicted molar refractivity (Wildman–Crippen MR) is 242 cm³/mol. The van der Waals surface area contributed by atoms with Crippen molar-refractivity contribution in [3.05, 3.63) is 92.0 Å². The van der Waals surface area contributed by atoms with Crippen LogP contribution in [0, 0.1) is 27.7 Å². The molecule has 3 aromatic heterocycles. The lowest BCUT2D eigenvalue weighted by Crippen LogP contribution is -2.43. The second-order valence-corrected chi connectivity index (χ2v) is 18.5. The number of anilines is 1. The van der Waals surface area contributed by atoms with Gasteiger partial charge in [-0.3, -0.25) is 9.48 Å². The first-order valence-corrected chi connectivity index (χ1v) is 21.9. The second kappa shape index (κ2) is 17.6. The summed E-state index contributed by atoms with van der Waals surface area (Å²) in [4.78, 5) is 38.5. The molecule has 0 radical (unpaired) electrons. The molecule has 1 saturated heterocycles. The number of carbonyl (C=O) groups excluding carboxylic acids is 2. The number of carboxylic acid groups (broad SMARTS) is 2. The predicted octanol–water partition coefficient (Wildman–Crippen LogP) is 8.53. The van der Waals surface area contributed by atoms with Crippen LogP contribution < -0.4 is 19.5 Å². The van der Waals surface area contributed by atoms with Crippen molar-refractivity contribution in [3.63, 3.8) is 0 Å². The number of likely N-dealkylation sites (tertiary alicyclic amines) is 1. The van der Waals surface area contributed by atoms with Gasteiger partial charge in [0.2, 0.25) is 0 Å². The second-order valence-electron chi connectivity index (χ2n) is 17.7. The molecular formula is C47H51Cl2F3N6O7. The normalized spacial score (nSPS) is 17.1. The highest BCUT2D eigenvalue weighted by molar-refractivity contribution is 6.35. The van der Waals surface area contributed by atoms with Crippen molar-refractivity contribution >= 4 is 68.5 Å². The van der Waals surface area contributed by atoms with Crippen LogP contribution in [0.3, 0.4) is 0 Å². The number of aromatic carboxylic acids is 1. The zero-order chi connectivity index (χ0) is 47.6. The topological polar surface area (TPSA) is 144 Å². The summed E-state index contributed by atoms with van der Waals surface area (Å²) in [5.41, 5.74) is 9.35. The van der Waals surface area contributed by atoms with Gasteiger partial charge in [-0.25, -0.2) is 4.79 Å². The molecule has 0 aliphatic carbocycles. The van der Waals surface area contributed by atoms with Crippen molar-refractivity contribution in [2.45, 2.75) is 72.2 Å². The van der Waals surface area contributed by atoms with E-state index in [4.69, 9.17) is 47.7 Å². The van der Waals surface area contributed by atoms with E-state index in [0.717, 1.165) is 84.9 Å². The van der Waals surface area contributed by atoms with Crippen LogP contribution in [0.4, 0.5) is 18.9 Å². The fourth-order valence-corrected chi connectivity index (χ4v) is 9.74. The Balaban J connectivity index is 0.000000833. The summed E-state index contributed by atoms with van der Waals surface area (Å²) < 4.78 is 51.0. The number of aryl methyl sites for hydroxylation is 6. The van der Waals surface area contributed by atoms with Crippen LogP contribution in [-0.4, -0.2) is 99.0 Å². The first-order valence-electron chi connectivity index (χ1n) is 21.1. The third-order valence-electron chi connectivity index (χ3n) is 12.4. The molecular weight excluding hydrogens is 888 g/mol. The maximum absolute atomic E-state index is 15.5. The number of likely N-dealkylation sites (N-methyl/N-ethyl adjacent to an activating group) is 1. The molecule has 2 aliphatic rings. The number of ether oxygens (including phenoxy) is 2. The molecule has 65 heavy (non-hydrogen) atoms. The summed E-state index contributed by atoms with van der Waals surface area (Å²) in [5, 5.41) is 26.7. The lowest BCUT2D eigenvalue weighted by Gasteiger charge is -2.35. The number of halogens is 5. The zero-order valence-corrected chi connectivity index (χ0v) is 39.1. The number of hydrogen-bond donors (Lipinski definition) is 1. The third kappa shape index (κ3) is 9.00. The van der Waals surface area contributed by atoms with Crippen LogP contribution in [-0.2, 0) is 25.3 Å². The van der Waals surface area contributed by atoms with E-state index in [9.17, 15) is 23.1 Å². The quantitative estimate of drug-likeness (QED) is 0.106. The molecule has 13 nitrogen and oxygen atoms in total. The molecule has 1 amide bonds. The lowest BCUT2D eigenvalue weighted by atomic mass is 9.98. The van der Waals surface area contributed by atoms with E-state index in [1.54, 1.807) is 17.7 Å². The Kier molecular flexibility index (Phi) is 12.8. The number of hydrogen-bond acceptors (Lipinski definition) is 7. The molecule has 2 aliphatic heterocycles. The van der Waals surface area contributed by atoms with E-state index in [2.05, 4.69) is 25.6 Å². The highest BCUT2D eigenvalue weighted by atomic mass is 35.5. The molecule has 3 aromatic carbocycles. The largest absolute Gasteiger partial charge is 0.542 e. The minimum Gasteiger partial charge on any atom is -0.542 e. The number of amides is 1. The van der Waals surface area contributed by atoms with Crippen molar-refractivity contribution in [1.29, 1.82) is 0 Å². The highest BCUT2D eigenvalue weighted by Gasteiger charge is 2.39. The van der Waals surface area contributed by atoms with E-state index in [-0.39, 0.29) is 23.7 Å². The van der Waals surface area contributed by atoms with E-state index >= 15 is 4.79 Å². The molecule has 18 heteroatoms. The maximum Gasteiger partial charge on any atom is 0.430 e. The van der Waals surface area contributed by atoms with Crippen molar-refractivity contribution in [1.82, 2.24) is 18.9 Å². The van der Waals surface area contributed by atoms with Gasteiger partial charge in [0.15, 0.2) is 6.10 Å². The number of fused-ring (bicyclic) bond motifs is 4. The molecule has 1 fully saturated rings. The van der Waals surface area contributed by atoms with Crippen molar-refractivity contribution in [2.75, 3.05) is 45.2 Å². The number of carbonyl (C=O) groups is 3. The summed E-state index contributed by atoms with van der Waals surface area (Å²) in [6.07, 6.45) is -3.09. The zero-order valence-electron chi connectivity index (χ0n) is 37.6. The van der Waals surface area contributed by atoms with Crippen molar-refractivity contribution < 1.29 is 51.7 Å². The minimum absolute atomic E-state index is 0.00134. The Labute approximate surface area is 384 Å². The van der Waals surface area contributed by atoms with E-state index < -0.39 is 18.1 Å². The van der Waals surface area contributed by atoms with E-state index in [0.29, 0.717) is 59.0 Å². The maximum atomic E-state index is 15.5. The Morgan fingerprint density at radius 3 is 2.22 bits per heavy atom. The average Bonchev–Trinajstić information content (AvgIpc) is 3.92. The van der Waals surface area contributed by atoms with Gasteiger partial charge >= 0.3 is 12.1 Å². The van der Waals surface area contributed by atoms with E-state index in [1.165, 1.54) is 0 Å². The van der Waals surface area contributed by atoms with Crippen molar-refractivity contribution in [2.24, 2.45) is 14.1 Å². The molecule has 5 heterocycles. The number of quaternary nitrogens is 1. The first-order chi connectivity index (χ1) is 30.4. The summed E-state index contributed by atoms with van der Waals surface area (Å²) >= 11 is 13.6. The first kappa shape index (κ1) is 47.3. The van der Waals surface area contributed by atoms with Crippen molar-refractivity contribution in [3.8, 4) is 22.6 Å². The standard InChI is InChI=1S/C45H50Cl2N6O5.C2HF3O2/c1-24-17-31(18-25(2)40(24)47)57-16-10-11-33-34-12-13-35(46)39(38-27(4)48-50(7)28(38)5)42(34)52-26(3)22-51(44(54)43(33)52)36-21-32(58-30-14-15-53(8,9)23-30)19-29-20-37(45(55)56)49(6)41(29)36;3-2(4,5)1(6)7/h12-13,17-21,26,30H,10-11,14-16,22-23H2,1-9H3;(H,6,7). The third-order valence-corrected chi connectivity index (χ3v) is 13.4. The number of aliphatic carboxylic acids is 1. The van der Waals surface area contributed by atoms with E-state index in [1.807, 2.05) is 80.7 Å². The van der Waals surface area contributed by atoms with Gasteiger partial charge in [0.1, 0.15) is 35.4 Å². The fourth-order valence-electron chi connectivity index (χ4n) is 9.39. The number of alkyl halides is 3.